The van der Waals surface area contributed by atoms with Gasteiger partial charge in [-0.3, -0.25) is 0 Å². The predicted molar refractivity (Wildman–Crippen MR) is 65.3 cm³/mol. The third-order valence-electron chi connectivity index (χ3n) is 3.23. The molecule has 0 amide bonds. The molecule has 0 N–H and O–H groups in total. The summed E-state index contributed by atoms with van der Waals surface area (Å²) < 4.78 is 64.0. The monoisotopic (exact) mass is 319 g/mol. The summed E-state index contributed by atoms with van der Waals surface area (Å²) in [6.45, 7) is 0. The lowest BCUT2D eigenvalue weighted by Crippen LogP contribution is -2.10. The van der Waals surface area contributed by atoms with E-state index < -0.39 is 39.4 Å². The molecule has 0 spiro atoms. The van der Waals surface area contributed by atoms with Crippen molar-refractivity contribution in [3.8, 4) is 0 Å². The molecular weight excluding hydrogens is 310 g/mol. The maximum atomic E-state index is 13.3. The highest BCUT2D eigenvalue weighted by atomic mass is 32.2. The first-order valence-corrected chi connectivity index (χ1v) is 7.27. The van der Waals surface area contributed by atoms with Gasteiger partial charge >= 0.3 is 5.76 Å². The molecule has 2 aromatic rings. The molecule has 9 heteroatoms. The van der Waals surface area contributed by atoms with Crippen molar-refractivity contribution in [2.75, 3.05) is 0 Å². The zero-order valence-corrected chi connectivity index (χ0v) is 11.3. The highest BCUT2D eigenvalue weighted by molar-refractivity contribution is 7.85. The third-order valence-corrected chi connectivity index (χ3v) is 4.09. The van der Waals surface area contributed by atoms with Crippen molar-refractivity contribution in [2.24, 2.45) is 0 Å². The Morgan fingerprint density at radius 2 is 1.90 bits per heavy atom. The molecule has 0 fully saturated rings. The van der Waals surface area contributed by atoms with Crippen LogP contribution in [0.4, 0.5) is 17.6 Å². The molecule has 1 aliphatic rings. The molecule has 1 aliphatic heterocycles. The van der Waals surface area contributed by atoms with Gasteiger partial charge in [0.2, 0.25) is 5.16 Å². The minimum atomic E-state index is -3.07. The molecule has 2 heterocycles. The Kier molecular flexibility index (Phi) is 3.52. The minimum Gasteiger partial charge on any atom is -0.245 e. The van der Waals surface area contributed by atoms with Crippen LogP contribution >= 0.6 is 0 Å². The van der Waals surface area contributed by atoms with Crippen LogP contribution < -0.4 is 0 Å². The lowest BCUT2D eigenvalue weighted by atomic mass is 10.0. The molecule has 4 nitrogen and oxygen atoms in total. The Labute approximate surface area is 119 Å². The molecule has 0 saturated heterocycles. The molecule has 0 radical (unpaired) electrons. The van der Waals surface area contributed by atoms with Crippen molar-refractivity contribution < 1.29 is 21.8 Å². The minimum absolute atomic E-state index is 0.338. The van der Waals surface area contributed by atoms with Gasteiger partial charge in [0.15, 0.2) is 10.8 Å². The van der Waals surface area contributed by atoms with Gasteiger partial charge in [-0.15, -0.1) is 5.10 Å². The number of rotatable bonds is 3. The van der Waals surface area contributed by atoms with Crippen molar-refractivity contribution in [1.82, 2.24) is 14.8 Å². The summed E-state index contributed by atoms with van der Waals surface area (Å²) >= 11 is 0. The van der Waals surface area contributed by atoms with Crippen molar-refractivity contribution in [3.63, 3.8) is 0 Å². The molecule has 21 heavy (non-hydrogen) atoms. The molecule has 2 unspecified atom stereocenters. The molecule has 112 valence electrons. The van der Waals surface area contributed by atoms with Crippen molar-refractivity contribution in [1.29, 1.82) is 0 Å². The van der Waals surface area contributed by atoms with Gasteiger partial charge in [-0.2, -0.15) is 8.78 Å². The van der Waals surface area contributed by atoms with Gasteiger partial charge in [-0.1, -0.05) is 0 Å². The lowest BCUT2D eigenvalue weighted by Gasteiger charge is -2.12. The first-order valence-electron chi connectivity index (χ1n) is 6.06. The smallest absolute Gasteiger partial charge is 0.245 e. The normalized spacial score (nSPS) is 19.0. The number of aromatic nitrogens is 3. The summed E-state index contributed by atoms with van der Waals surface area (Å²) in [5.74, 6) is -4.14. The van der Waals surface area contributed by atoms with E-state index in [1.807, 2.05) is 0 Å². The Balaban J connectivity index is 1.98. The van der Waals surface area contributed by atoms with Crippen LogP contribution in [0.15, 0.2) is 23.4 Å². The quantitative estimate of drug-likeness (QED) is 0.816. The third kappa shape index (κ3) is 2.57. The number of aryl methyl sites for hydroxylation is 1. The number of fused-ring (bicyclic) bond motifs is 1. The molecule has 0 bridgehead atoms. The fourth-order valence-electron chi connectivity index (χ4n) is 2.38. The molecule has 1 aromatic heterocycles. The van der Waals surface area contributed by atoms with Crippen LogP contribution in [0.5, 0.6) is 0 Å². The van der Waals surface area contributed by atoms with Crippen LogP contribution in [0.1, 0.15) is 23.9 Å². The zero-order valence-electron chi connectivity index (χ0n) is 10.5. The Morgan fingerprint density at radius 3 is 2.52 bits per heavy atom. The van der Waals surface area contributed by atoms with Gasteiger partial charge in [0.1, 0.15) is 17.5 Å². The van der Waals surface area contributed by atoms with Crippen LogP contribution in [-0.4, -0.2) is 24.7 Å². The van der Waals surface area contributed by atoms with Gasteiger partial charge in [0.25, 0.3) is 0 Å². The van der Waals surface area contributed by atoms with E-state index in [1.54, 1.807) is 0 Å². The van der Waals surface area contributed by atoms with Gasteiger partial charge in [0, 0.05) is 12.5 Å². The average Bonchev–Trinajstić information content (AvgIpc) is 2.95. The molecule has 3 rings (SSSR count). The van der Waals surface area contributed by atoms with Crippen molar-refractivity contribution >= 4 is 10.8 Å². The fourth-order valence-corrected chi connectivity index (χ4v) is 2.91. The van der Waals surface area contributed by atoms with E-state index in [1.165, 1.54) is 4.68 Å². The average molecular weight is 319 g/mol. The number of alkyl halides is 2. The standard InChI is InChI=1S/C12H9F4N3OS/c13-7-3-6(4-8(14)5-7)9-1-2-10-17-12(18-19(9)10)21(20)11(15)16/h3-5,9,11H,1-2H2. The summed E-state index contributed by atoms with van der Waals surface area (Å²) in [7, 11) is -2.60. The maximum Gasteiger partial charge on any atom is 0.319 e. The predicted octanol–water partition coefficient (Wildman–Crippen LogP) is 2.42. The zero-order chi connectivity index (χ0) is 15.1. The molecular formula is C12H9F4N3OS. The second-order valence-corrected chi connectivity index (χ2v) is 5.89. The second-order valence-electron chi connectivity index (χ2n) is 4.57. The maximum absolute atomic E-state index is 13.3. The van der Waals surface area contributed by atoms with E-state index >= 15 is 0 Å². The van der Waals surface area contributed by atoms with Crippen molar-refractivity contribution in [3.05, 3.63) is 41.2 Å². The highest BCUT2D eigenvalue weighted by Gasteiger charge is 2.30. The van der Waals surface area contributed by atoms with Crippen LogP contribution in [0.25, 0.3) is 0 Å². The Bertz CT molecular complexity index is 698. The molecule has 0 saturated carbocycles. The van der Waals surface area contributed by atoms with E-state index in [0.29, 0.717) is 24.2 Å². The number of hydrogen-bond acceptors (Lipinski definition) is 3. The van der Waals surface area contributed by atoms with E-state index in [-0.39, 0.29) is 0 Å². The van der Waals surface area contributed by atoms with Gasteiger partial charge in [0.05, 0.1) is 6.04 Å². The van der Waals surface area contributed by atoms with Gasteiger partial charge in [-0.25, -0.2) is 22.7 Å². The van der Waals surface area contributed by atoms with Crippen LogP contribution in [0.3, 0.4) is 0 Å². The molecule has 1 aromatic carbocycles. The second kappa shape index (κ2) is 5.21. The lowest BCUT2D eigenvalue weighted by molar-refractivity contribution is 0.243. The van der Waals surface area contributed by atoms with Crippen LogP contribution in [0, 0.1) is 11.6 Å². The fraction of sp³-hybridized carbons (Fsp3) is 0.333. The topological polar surface area (TPSA) is 47.8 Å². The summed E-state index contributed by atoms with van der Waals surface area (Å²) in [5.41, 5.74) is 0.338. The highest BCUT2D eigenvalue weighted by Crippen LogP contribution is 2.31. The van der Waals surface area contributed by atoms with Gasteiger partial charge < -0.3 is 0 Å². The van der Waals surface area contributed by atoms with E-state index in [0.717, 1.165) is 18.2 Å². The number of benzene rings is 1. The van der Waals surface area contributed by atoms with Crippen molar-refractivity contribution in [2.45, 2.75) is 29.8 Å². The summed E-state index contributed by atoms with van der Waals surface area (Å²) in [6.07, 6.45) is 0.913. The Morgan fingerprint density at radius 1 is 1.24 bits per heavy atom. The summed E-state index contributed by atoms with van der Waals surface area (Å²) in [4.78, 5) is 3.82. The van der Waals surface area contributed by atoms with E-state index in [9.17, 15) is 21.8 Å². The largest absolute Gasteiger partial charge is 0.319 e. The molecule has 0 aliphatic carbocycles. The first-order chi connectivity index (χ1) is 9.95. The molecule has 2 atom stereocenters. The number of nitrogens with zero attached hydrogens (tertiary/aromatic N) is 3. The van der Waals surface area contributed by atoms with Crippen LogP contribution in [-0.2, 0) is 17.2 Å². The summed E-state index contributed by atoms with van der Waals surface area (Å²) in [5, 5.41) is 3.35. The van der Waals surface area contributed by atoms with Gasteiger partial charge in [-0.05, 0) is 24.1 Å². The Hall–Kier alpha value is -1.77. The SMILES string of the molecule is O=S(c1nc2n(n1)C(c1cc(F)cc(F)c1)CC2)C(F)F. The van der Waals surface area contributed by atoms with E-state index in [2.05, 4.69) is 10.1 Å². The number of hydrogen-bond donors (Lipinski definition) is 0. The number of halogens is 4. The van der Waals surface area contributed by atoms with Crippen LogP contribution in [0.2, 0.25) is 0 Å². The first kappa shape index (κ1) is 14.2. The summed E-state index contributed by atoms with van der Waals surface area (Å²) in [6, 6.07) is 2.57. The van der Waals surface area contributed by atoms with E-state index in [4.69, 9.17) is 0 Å².